The summed E-state index contributed by atoms with van der Waals surface area (Å²) in [6, 6.07) is 19.5. The van der Waals surface area contributed by atoms with Crippen LogP contribution in [0.1, 0.15) is 0 Å². The van der Waals surface area contributed by atoms with E-state index in [1.165, 1.54) is 36.4 Å². The third-order valence-electron chi connectivity index (χ3n) is 5.95. The molecular weight excluding hydrogens is 606 g/mol. The van der Waals surface area contributed by atoms with E-state index in [4.69, 9.17) is 0 Å². The van der Waals surface area contributed by atoms with Crippen molar-refractivity contribution in [3.05, 3.63) is 116 Å². The number of hydrogen-bond acceptors (Lipinski definition) is 12. The molecule has 12 nitrogen and oxygen atoms in total. The average molecular weight is 623 g/mol. The zero-order chi connectivity index (χ0) is 28.7. The van der Waals surface area contributed by atoms with Crippen molar-refractivity contribution in [2.45, 2.75) is 9.79 Å². The standard InChI is InChI=1S/C26H18N4O8S2.2Na/c31-23-12-10-22(29-27-20-7-3-4-15-8-9-16(14-19(15)20)39(33,34)35)26(32)25(23)30-28-21-11-13-24(40(36,37)38)18-6-2-1-5-17(18)21;;/h1-14,27-28H,(H,33,34,35)(H,36,37,38);;/q;2*+1/p-2/b29-22+,30-25+;;. The molecule has 0 radical (unpaired) electrons. The first-order chi connectivity index (χ1) is 18.9. The fraction of sp³-hybridized carbons (Fsp3) is 0. The summed E-state index contributed by atoms with van der Waals surface area (Å²) >= 11 is 0. The topological polar surface area (TPSA) is 197 Å². The first-order valence-electron chi connectivity index (χ1n) is 11.3. The molecule has 42 heavy (non-hydrogen) atoms. The third kappa shape index (κ3) is 7.06. The fourth-order valence-electron chi connectivity index (χ4n) is 4.06. The van der Waals surface area contributed by atoms with Crippen LogP contribution in [0.4, 0.5) is 11.4 Å². The Bertz CT molecular complexity index is 2290. The van der Waals surface area contributed by atoms with Crippen LogP contribution in [0, 0.1) is 0 Å². The molecule has 5 rings (SSSR count). The maximum Gasteiger partial charge on any atom is 1.00 e. The van der Waals surface area contributed by atoms with Crippen LogP contribution in [0.3, 0.4) is 0 Å². The van der Waals surface area contributed by atoms with Crippen LogP contribution in [0.5, 0.6) is 0 Å². The maximum absolute atomic E-state index is 13.0. The van der Waals surface area contributed by atoms with Gasteiger partial charge in [0.1, 0.15) is 25.6 Å². The molecule has 16 heteroatoms. The second-order valence-corrected chi connectivity index (χ2v) is 11.2. The Hall–Kier alpha value is -2.76. The van der Waals surface area contributed by atoms with Crippen LogP contribution in [0.15, 0.2) is 115 Å². The summed E-state index contributed by atoms with van der Waals surface area (Å²) in [6.45, 7) is 0. The normalized spacial score (nSPS) is 12.5. The Kier molecular flexibility index (Phi) is 10.7. The predicted octanol–water partition coefficient (Wildman–Crippen LogP) is -4.74. The number of benzene rings is 5. The Morgan fingerprint density at radius 1 is 0.619 bits per heavy atom. The molecule has 5 aromatic carbocycles. The van der Waals surface area contributed by atoms with E-state index in [2.05, 4.69) is 21.1 Å². The summed E-state index contributed by atoms with van der Waals surface area (Å²) < 4.78 is 69.2. The molecule has 0 saturated carbocycles. The van der Waals surface area contributed by atoms with Crippen LogP contribution in [0.25, 0.3) is 21.5 Å². The zero-order valence-electron chi connectivity index (χ0n) is 22.1. The summed E-state index contributed by atoms with van der Waals surface area (Å²) in [6.07, 6.45) is 0. The van der Waals surface area contributed by atoms with Gasteiger partial charge in [-0.05, 0) is 47.9 Å². The number of nitrogens with one attached hydrogen (secondary N) is 2. The number of hydrogen-bond donors (Lipinski definition) is 2. The molecule has 0 bridgehead atoms. The van der Waals surface area contributed by atoms with Gasteiger partial charge in [-0.25, -0.2) is 16.8 Å². The molecule has 0 heterocycles. The molecule has 0 aromatic heterocycles. The van der Waals surface area contributed by atoms with E-state index in [-0.39, 0.29) is 75.5 Å². The second kappa shape index (κ2) is 13.3. The number of rotatable bonds is 6. The van der Waals surface area contributed by atoms with E-state index in [0.29, 0.717) is 21.8 Å². The maximum atomic E-state index is 13.0. The van der Waals surface area contributed by atoms with Crippen molar-refractivity contribution in [1.29, 1.82) is 0 Å². The molecular formula is C26H16N4Na2O8S2. The van der Waals surface area contributed by atoms with Gasteiger partial charge < -0.3 is 9.11 Å². The van der Waals surface area contributed by atoms with Crippen molar-refractivity contribution in [1.82, 2.24) is 0 Å². The van der Waals surface area contributed by atoms with Gasteiger partial charge in [0.15, 0.2) is 5.36 Å². The fourth-order valence-corrected chi connectivity index (χ4v) is 5.24. The van der Waals surface area contributed by atoms with Gasteiger partial charge in [-0.2, -0.15) is 10.2 Å². The molecule has 2 N–H and O–H groups in total. The van der Waals surface area contributed by atoms with Crippen LogP contribution in [-0.4, -0.2) is 25.9 Å². The van der Waals surface area contributed by atoms with Gasteiger partial charge in [-0.1, -0.05) is 42.5 Å². The molecule has 0 amide bonds. The number of nitrogens with zero attached hydrogens (tertiary/aromatic N) is 2. The van der Waals surface area contributed by atoms with Gasteiger partial charge in [0.05, 0.1) is 21.2 Å². The second-order valence-electron chi connectivity index (χ2n) is 8.46. The minimum atomic E-state index is -4.76. The summed E-state index contributed by atoms with van der Waals surface area (Å²) in [5.41, 5.74) is 4.24. The molecule has 0 unspecified atom stereocenters. The van der Waals surface area contributed by atoms with E-state index in [1.807, 2.05) is 0 Å². The molecule has 0 atom stereocenters. The van der Waals surface area contributed by atoms with Gasteiger partial charge in [-0.15, -0.1) is 0 Å². The molecule has 0 aliphatic rings. The van der Waals surface area contributed by atoms with E-state index in [0.717, 1.165) is 12.1 Å². The smallest absolute Gasteiger partial charge is 0.744 e. The Morgan fingerprint density at radius 3 is 1.98 bits per heavy atom. The summed E-state index contributed by atoms with van der Waals surface area (Å²) in [5, 5.41) is 8.70. The van der Waals surface area contributed by atoms with Gasteiger partial charge in [0.2, 0.25) is 10.9 Å². The first kappa shape index (κ1) is 33.7. The SMILES string of the molecule is O=c1cc/c(=N\Nc2cccc3ccc(S(=O)(=O)[O-])cc23)c(=O)/c1=N/Nc1ccc(S(=O)(=O)[O-])c2ccccc12.[Na+].[Na+]. The van der Waals surface area contributed by atoms with Gasteiger partial charge in [-0.3, -0.25) is 20.4 Å². The zero-order valence-corrected chi connectivity index (χ0v) is 27.7. The van der Waals surface area contributed by atoms with Gasteiger partial charge in [0.25, 0.3) is 0 Å². The van der Waals surface area contributed by atoms with Crippen molar-refractivity contribution >= 4 is 53.2 Å². The molecule has 202 valence electrons. The Balaban J connectivity index is 0.00000242. The average Bonchev–Trinajstić information content (AvgIpc) is 2.91. The van der Waals surface area contributed by atoms with Crippen LogP contribution >= 0.6 is 0 Å². The van der Waals surface area contributed by atoms with E-state index >= 15 is 0 Å². The van der Waals surface area contributed by atoms with Crippen molar-refractivity contribution in [2.75, 3.05) is 10.9 Å². The largest absolute Gasteiger partial charge is 1.00 e. The summed E-state index contributed by atoms with van der Waals surface area (Å²) in [4.78, 5) is 24.6. The molecule has 0 fully saturated rings. The van der Waals surface area contributed by atoms with E-state index in [9.17, 15) is 35.5 Å². The van der Waals surface area contributed by atoms with Crippen molar-refractivity contribution in [3.8, 4) is 0 Å². The summed E-state index contributed by atoms with van der Waals surface area (Å²) in [5.74, 6) is 0. The molecule has 5 aromatic rings. The van der Waals surface area contributed by atoms with Crippen LogP contribution < -0.4 is 91.5 Å². The molecule has 0 aliphatic heterocycles. The van der Waals surface area contributed by atoms with Crippen LogP contribution in [0.2, 0.25) is 0 Å². The monoisotopic (exact) mass is 622 g/mol. The molecule has 0 saturated heterocycles. The molecule has 0 aliphatic carbocycles. The van der Waals surface area contributed by atoms with Gasteiger partial charge in [0, 0.05) is 16.2 Å². The van der Waals surface area contributed by atoms with Gasteiger partial charge >= 0.3 is 59.1 Å². The number of anilines is 2. The number of fused-ring (bicyclic) bond motifs is 2. The summed E-state index contributed by atoms with van der Waals surface area (Å²) in [7, 11) is -9.46. The quantitative estimate of drug-likeness (QED) is 0.105. The Labute approximate surface area is 282 Å². The van der Waals surface area contributed by atoms with Crippen molar-refractivity contribution in [3.63, 3.8) is 0 Å². The van der Waals surface area contributed by atoms with Crippen LogP contribution in [-0.2, 0) is 20.2 Å². The van der Waals surface area contributed by atoms with Crippen molar-refractivity contribution < 1.29 is 85.1 Å². The van der Waals surface area contributed by atoms with E-state index in [1.54, 1.807) is 36.4 Å². The predicted molar refractivity (Wildman–Crippen MR) is 144 cm³/mol. The van der Waals surface area contributed by atoms with Crippen molar-refractivity contribution in [2.24, 2.45) is 10.2 Å². The first-order valence-corrected chi connectivity index (χ1v) is 14.2. The van der Waals surface area contributed by atoms with E-state index < -0.39 is 46.2 Å². The Morgan fingerprint density at radius 2 is 1.29 bits per heavy atom. The minimum absolute atomic E-state index is 0. The molecule has 0 spiro atoms. The minimum Gasteiger partial charge on any atom is -0.744 e. The third-order valence-corrected chi connectivity index (χ3v) is 7.68.